The predicted octanol–water partition coefficient (Wildman–Crippen LogP) is 5.81. The molecule has 4 aromatic carbocycles. The number of hydrogen-bond donors (Lipinski definition) is 0. The Labute approximate surface area is 202 Å². The van der Waals surface area contributed by atoms with Crippen LogP contribution < -0.4 is 21.2 Å². The van der Waals surface area contributed by atoms with E-state index in [9.17, 15) is 18.0 Å². The summed E-state index contributed by atoms with van der Waals surface area (Å²) in [6.45, 7) is -0.360. The van der Waals surface area contributed by atoms with E-state index in [1.807, 2.05) is 121 Å². The van der Waals surface area contributed by atoms with E-state index in [1.165, 1.54) is 0 Å². The molecule has 0 unspecified atom stereocenters. The van der Waals surface area contributed by atoms with Gasteiger partial charge in [0.2, 0.25) is 0 Å². The second-order valence-corrected chi connectivity index (χ2v) is 12.4. The van der Waals surface area contributed by atoms with E-state index < -0.39 is 25.2 Å². The Morgan fingerprint density at radius 2 is 0.914 bits per heavy atom. The minimum absolute atomic E-state index is 0.245. The number of Topliss-reactive ketones (excluding diaryl/α,β-unsaturated/α-hetero) is 1. The van der Waals surface area contributed by atoms with Crippen LogP contribution in [0.5, 0.6) is 0 Å². The van der Waals surface area contributed by atoms with E-state index in [1.54, 1.807) is 0 Å². The molecule has 0 spiro atoms. The molecule has 0 N–H and O–H groups in total. The molecule has 35 heavy (non-hydrogen) atoms. The molecule has 4 rings (SSSR count). The molecule has 0 aliphatic carbocycles. The maximum absolute atomic E-state index is 13.2. The van der Waals surface area contributed by atoms with Crippen LogP contribution in [-0.4, -0.2) is 12.0 Å². The van der Waals surface area contributed by atoms with Gasteiger partial charge in [-0.1, -0.05) is 0 Å². The van der Waals surface area contributed by atoms with Gasteiger partial charge >= 0.3 is 203 Å². The molecule has 0 radical (unpaired) electrons. The van der Waals surface area contributed by atoms with Crippen molar-refractivity contribution in [1.82, 2.24) is 0 Å². The SMILES string of the molecule is C=C(CC(=O)C(F)(F)F)OP(c1ccccc1)(c1ccccc1)(c1ccccc1)c1ccccc1. The zero-order valence-corrected chi connectivity index (χ0v) is 19.8. The molecule has 0 amide bonds. The zero-order valence-electron chi connectivity index (χ0n) is 18.9. The van der Waals surface area contributed by atoms with Crippen LogP contribution in [0, 0.1) is 0 Å². The molecule has 0 saturated heterocycles. The Morgan fingerprint density at radius 1 is 0.629 bits per heavy atom. The predicted molar refractivity (Wildman–Crippen MR) is 137 cm³/mol. The summed E-state index contributed by atoms with van der Waals surface area (Å²) in [6.07, 6.45) is -5.96. The first-order valence-electron chi connectivity index (χ1n) is 11.0. The summed E-state index contributed by atoms with van der Waals surface area (Å²) in [6, 6.07) is 37.8. The van der Waals surface area contributed by atoms with Crippen LogP contribution in [-0.2, 0) is 9.32 Å². The summed E-state index contributed by atoms with van der Waals surface area (Å²) in [5.74, 6) is -2.15. The van der Waals surface area contributed by atoms with Gasteiger partial charge in [-0.3, -0.25) is 0 Å². The monoisotopic (exact) mass is 492 g/mol. The Bertz CT molecular complexity index is 1140. The molecule has 0 heterocycles. The molecule has 178 valence electrons. The fourth-order valence-corrected chi connectivity index (χ4v) is 10.3. The van der Waals surface area contributed by atoms with Crippen molar-refractivity contribution in [2.24, 2.45) is 0 Å². The van der Waals surface area contributed by atoms with Crippen molar-refractivity contribution in [3.8, 4) is 0 Å². The van der Waals surface area contributed by atoms with Gasteiger partial charge in [-0.05, 0) is 0 Å². The Morgan fingerprint density at radius 3 is 1.17 bits per heavy atom. The van der Waals surface area contributed by atoms with E-state index in [2.05, 4.69) is 6.58 Å². The third-order valence-corrected chi connectivity index (χ3v) is 11.7. The Hall–Kier alpha value is -3.69. The van der Waals surface area contributed by atoms with Gasteiger partial charge in [0.15, 0.2) is 0 Å². The van der Waals surface area contributed by atoms with Crippen molar-refractivity contribution in [2.75, 3.05) is 0 Å². The molecular weight excluding hydrogens is 468 g/mol. The fourth-order valence-electron chi connectivity index (χ4n) is 4.52. The quantitative estimate of drug-likeness (QED) is 0.229. The molecular formula is C29H24F3O2P. The van der Waals surface area contributed by atoms with Crippen LogP contribution in [0.2, 0.25) is 0 Å². The van der Waals surface area contributed by atoms with Crippen LogP contribution >= 0.6 is 6.83 Å². The molecule has 0 atom stereocenters. The molecule has 0 bridgehead atoms. The van der Waals surface area contributed by atoms with Crippen molar-refractivity contribution in [3.05, 3.63) is 134 Å². The summed E-state index contributed by atoms with van der Waals surface area (Å²) in [4.78, 5) is 12.0. The van der Waals surface area contributed by atoms with E-state index in [-0.39, 0.29) is 5.76 Å². The third kappa shape index (κ3) is 4.17. The van der Waals surface area contributed by atoms with Crippen molar-refractivity contribution in [2.45, 2.75) is 12.6 Å². The number of rotatable bonds is 8. The van der Waals surface area contributed by atoms with Gasteiger partial charge in [-0.15, -0.1) is 0 Å². The second-order valence-electron chi connectivity index (χ2n) is 8.11. The number of ketones is 1. The maximum atomic E-state index is 13.2. The average molecular weight is 492 g/mol. The van der Waals surface area contributed by atoms with Crippen molar-refractivity contribution < 1.29 is 22.5 Å². The number of alkyl halides is 3. The van der Waals surface area contributed by atoms with E-state index in [0.29, 0.717) is 0 Å². The summed E-state index contributed by atoms with van der Waals surface area (Å²) >= 11 is 0. The number of benzene rings is 4. The second kappa shape index (κ2) is 9.52. The molecule has 0 fully saturated rings. The number of hydrogen-bond acceptors (Lipinski definition) is 2. The van der Waals surface area contributed by atoms with E-state index >= 15 is 0 Å². The van der Waals surface area contributed by atoms with Crippen molar-refractivity contribution >= 4 is 33.8 Å². The topological polar surface area (TPSA) is 26.3 Å². The molecule has 2 nitrogen and oxygen atoms in total. The summed E-state index contributed by atoms with van der Waals surface area (Å²) in [5, 5.41) is 3.12. The number of halogens is 3. The molecule has 0 aliphatic heterocycles. The normalized spacial score (nSPS) is 12.8. The van der Waals surface area contributed by atoms with Crippen molar-refractivity contribution in [1.29, 1.82) is 0 Å². The zero-order chi connectivity index (χ0) is 25.0. The standard InChI is InChI=1S/C29H24F3O2P/c1-23(22-28(33)29(30,31)32)34-35(24-14-6-2-7-15-24,25-16-8-3-9-17-25,26-18-10-4-11-19-26)27-20-12-5-13-21-27/h2-21H,1,22H2. The van der Waals surface area contributed by atoms with Gasteiger partial charge in [0.25, 0.3) is 0 Å². The van der Waals surface area contributed by atoms with E-state index in [4.69, 9.17) is 4.52 Å². The molecule has 6 heteroatoms. The van der Waals surface area contributed by atoms with Gasteiger partial charge in [0.1, 0.15) is 0 Å². The van der Waals surface area contributed by atoms with Gasteiger partial charge in [0, 0.05) is 0 Å². The fraction of sp³-hybridized carbons (Fsp3) is 0.0690. The molecule has 0 saturated carbocycles. The molecule has 0 aliphatic rings. The Balaban J connectivity index is 2.14. The van der Waals surface area contributed by atoms with Gasteiger partial charge in [-0.25, -0.2) is 0 Å². The van der Waals surface area contributed by atoms with Crippen LogP contribution in [0.25, 0.3) is 0 Å². The summed E-state index contributed by atoms with van der Waals surface area (Å²) < 4.78 is 46.4. The first-order chi connectivity index (χ1) is 16.8. The first kappa shape index (κ1) is 24.4. The van der Waals surface area contributed by atoms with Crippen LogP contribution in [0.15, 0.2) is 134 Å². The first-order valence-corrected chi connectivity index (χ1v) is 13.2. The van der Waals surface area contributed by atoms with Gasteiger partial charge < -0.3 is 0 Å². The average Bonchev–Trinajstić information content (AvgIpc) is 2.89. The third-order valence-electron chi connectivity index (χ3n) is 5.98. The van der Waals surface area contributed by atoms with Crippen LogP contribution in [0.3, 0.4) is 0 Å². The van der Waals surface area contributed by atoms with Gasteiger partial charge in [-0.2, -0.15) is 0 Å². The summed E-state index contributed by atoms with van der Waals surface area (Å²) in [7, 11) is 0. The molecule has 0 aromatic heterocycles. The van der Waals surface area contributed by atoms with Crippen LogP contribution in [0.4, 0.5) is 13.2 Å². The van der Waals surface area contributed by atoms with Crippen molar-refractivity contribution in [3.63, 3.8) is 0 Å². The van der Waals surface area contributed by atoms with Gasteiger partial charge in [0.05, 0.1) is 0 Å². The molecule has 4 aromatic rings. The number of allylic oxidation sites excluding steroid dienone is 1. The van der Waals surface area contributed by atoms with E-state index in [0.717, 1.165) is 21.2 Å². The summed E-state index contributed by atoms with van der Waals surface area (Å²) in [5.41, 5.74) is 0. The Kier molecular flexibility index (Phi) is 6.64. The number of carbonyl (C=O) groups excluding carboxylic acids is 1. The minimum atomic E-state index is -4.98. The number of carbonyl (C=O) groups is 1. The van der Waals surface area contributed by atoms with Crippen LogP contribution in [0.1, 0.15) is 6.42 Å².